The number of nitrogens with zero attached hydrogens (tertiary/aromatic N) is 1. The van der Waals surface area contributed by atoms with Crippen molar-refractivity contribution in [3.63, 3.8) is 0 Å². The highest BCUT2D eigenvalue weighted by Crippen LogP contribution is 2.33. The third-order valence-corrected chi connectivity index (χ3v) is 3.95. The summed E-state index contributed by atoms with van der Waals surface area (Å²) in [5.41, 5.74) is 0. The van der Waals surface area contributed by atoms with Crippen molar-refractivity contribution >= 4 is 11.9 Å². The van der Waals surface area contributed by atoms with E-state index >= 15 is 0 Å². The first-order chi connectivity index (χ1) is 8.11. The molecule has 0 aromatic heterocycles. The van der Waals surface area contributed by atoms with Crippen LogP contribution in [0.1, 0.15) is 25.7 Å². The van der Waals surface area contributed by atoms with Crippen LogP contribution in [-0.2, 0) is 14.3 Å². The second-order valence-electron chi connectivity index (χ2n) is 4.95. The highest BCUT2D eigenvalue weighted by atomic mass is 16.5. The van der Waals surface area contributed by atoms with Gasteiger partial charge in [0.05, 0.1) is 24.5 Å². The Labute approximate surface area is 101 Å². The molecule has 0 radical (unpaired) electrons. The summed E-state index contributed by atoms with van der Waals surface area (Å²) in [7, 11) is 1.76. The molecule has 1 N–H and O–H groups in total. The third-order valence-electron chi connectivity index (χ3n) is 3.95. The van der Waals surface area contributed by atoms with E-state index in [1.54, 1.807) is 11.9 Å². The Kier molecular flexibility index (Phi) is 3.66. The summed E-state index contributed by atoms with van der Waals surface area (Å²) in [6.45, 7) is 1.27. The van der Waals surface area contributed by atoms with Gasteiger partial charge in [0.2, 0.25) is 5.91 Å². The number of amides is 1. The number of carboxylic acid groups (broad SMARTS) is 1. The minimum Gasteiger partial charge on any atom is -0.481 e. The third kappa shape index (κ3) is 2.44. The maximum absolute atomic E-state index is 12.3. The molecule has 17 heavy (non-hydrogen) atoms. The summed E-state index contributed by atoms with van der Waals surface area (Å²) in [5.74, 6) is -1.69. The van der Waals surface area contributed by atoms with Gasteiger partial charge in [0.25, 0.3) is 0 Å². The lowest BCUT2D eigenvalue weighted by Crippen LogP contribution is -2.43. The summed E-state index contributed by atoms with van der Waals surface area (Å²) in [5, 5.41) is 9.08. The summed E-state index contributed by atoms with van der Waals surface area (Å²) in [6, 6.07) is 0.123. The minimum atomic E-state index is -0.836. The van der Waals surface area contributed by atoms with Crippen LogP contribution in [0.3, 0.4) is 0 Å². The molecule has 96 valence electrons. The summed E-state index contributed by atoms with van der Waals surface area (Å²) >= 11 is 0. The molecule has 5 heteroatoms. The Morgan fingerprint density at radius 2 is 1.94 bits per heavy atom. The Balaban J connectivity index is 2.00. The van der Waals surface area contributed by atoms with Crippen LogP contribution in [0.2, 0.25) is 0 Å². The maximum atomic E-state index is 12.3. The predicted octanol–water partition coefficient (Wildman–Crippen LogP) is 0.735. The van der Waals surface area contributed by atoms with Crippen LogP contribution in [0.5, 0.6) is 0 Å². The SMILES string of the molecule is CN(C(=O)[C@@H]1CCC[C@@H]1C(=O)O)C1CCOC1. The minimum absolute atomic E-state index is 0.0228. The zero-order valence-corrected chi connectivity index (χ0v) is 10.1. The van der Waals surface area contributed by atoms with Gasteiger partial charge in [-0.15, -0.1) is 0 Å². The number of aliphatic carboxylic acids is 1. The zero-order chi connectivity index (χ0) is 12.4. The van der Waals surface area contributed by atoms with Gasteiger partial charge in [0, 0.05) is 13.7 Å². The fourth-order valence-electron chi connectivity index (χ4n) is 2.82. The van der Waals surface area contributed by atoms with E-state index in [-0.39, 0.29) is 17.9 Å². The van der Waals surface area contributed by atoms with Gasteiger partial charge >= 0.3 is 5.97 Å². The van der Waals surface area contributed by atoms with E-state index in [1.165, 1.54) is 0 Å². The van der Waals surface area contributed by atoms with Gasteiger partial charge in [-0.3, -0.25) is 9.59 Å². The lowest BCUT2D eigenvalue weighted by molar-refractivity contribution is -0.149. The number of carboxylic acids is 1. The standard InChI is InChI=1S/C12H19NO4/c1-13(8-5-6-17-7-8)11(14)9-3-2-4-10(9)12(15)16/h8-10H,2-7H2,1H3,(H,15,16)/t8?,9-,10+/m1/s1. The number of likely N-dealkylation sites (N-methyl/N-ethyl adjacent to an activating group) is 1. The van der Waals surface area contributed by atoms with Gasteiger partial charge in [-0.25, -0.2) is 0 Å². The number of carbonyl (C=O) groups is 2. The first-order valence-corrected chi connectivity index (χ1v) is 6.18. The second-order valence-corrected chi connectivity index (χ2v) is 4.95. The first-order valence-electron chi connectivity index (χ1n) is 6.18. The molecule has 0 aromatic rings. The molecule has 1 heterocycles. The topological polar surface area (TPSA) is 66.8 Å². The number of carbonyl (C=O) groups excluding carboxylic acids is 1. The molecule has 1 aliphatic carbocycles. The summed E-state index contributed by atoms with van der Waals surface area (Å²) in [6.07, 6.45) is 3.02. The molecule has 0 bridgehead atoms. The Morgan fingerprint density at radius 3 is 2.53 bits per heavy atom. The molecular weight excluding hydrogens is 222 g/mol. The lowest BCUT2D eigenvalue weighted by atomic mass is 9.94. The van der Waals surface area contributed by atoms with Crippen LogP contribution < -0.4 is 0 Å². The van der Waals surface area contributed by atoms with Gasteiger partial charge in [-0.2, -0.15) is 0 Å². The predicted molar refractivity (Wildman–Crippen MR) is 60.5 cm³/mol. The van der Waals surface area contributed by atoms with E-state index in [1.807, 2.05) is 0 Å². The molecule has 5 nitrogen and oxygen atoms in total. The Bertz CT molecular complexity index is 312. The summed E-state index contributed by atoms with van der Waals surface area (Å²) in [4.78, 5) is 25.0. The van der Waals surface area contributed by atoms with Gasteiger partial charge in [-0.05, 0) is 19.3 Å². The van der Waals surface area contributed by atoms with Gasteiger partial charge < -0.3 is 14.7 Å². The van der Waals surface area contributed by atoms with E-state index in [4.69, 9.17) is 9.84 Å². The highest BCUT2D eigenvalue weighted by Gasteiger charge is 2.40. The quantitative estimate of drug-likeness (QED) is 0.791. The van der Waals surface area contributed by atoms with E-state index < -0.39 is 11.9 Å². The monoisotopic (exact) mass is 241 g/mol. The normalized spacial score (nSPS) is 32.6. The van der Waals surface area contributed by atoms with Crippen molar-refractivity contribution in [2.24, 2.45) is 11.8 Å². The molecule has 1 amide bonds. The molecule has 0 aromatic carbocycles. The Morgan fingerprint density at radius 1 is 1.24 bits per heavy atom. The van der Waals surface area contributed by atoms with Crippen LogP contribution in [0, 0.1) is 11.8 Å². The number of hydrogen-bond donors (Lipinski definition) is 1. The molecule has 2 rings (SSSR count). The van der Waals surface area contributed by atoms with Gasteiger partial charge in [0.15, 0.2) is 0 Å². The average molecular weight is 241 g/mol. The van der Waals surface area contributed by atoms with Gasteiger partial charge in [0.1, 0.15) is 0 Å². The number of hydrogen-bond acceptors (Lipinski definition) is 3. The van der Waals surface area contributed by atoms with E-state index in [2.05, 4.69) is 0 Å². The molecule has 1 saturated carbocycles. The van der Waals surface area contributed by atoms with Crippen LogP contribution in [0.4, 0.5) is 0 Å². The molecule has 2 aliphatic rings. The average Bonchev–Trinajstić information content (AvgIpc) is 2.97. The first kappa shape index (κ1) is 12.4. The van der Waals surface area contributed by atoms with Crippen molar-refractivity contribution < 1.29 is 19.4 Å². The smallest absolute Gasteiger partial charge is 0.307 e. The van der Waals surface area contributed by atoms with Crippen LogP contribution in [-0.4, -0.2) is 48.2 Å². The zero-order valence-electron chi connectivity index (χ0n) is 10.1. The maximum Gasteiger partial charge on any atom is 0.307 e. The van der Waals surface area contributed by atoms with Crippen molar-refractivity contribution in [2.75, 3.05) is 20.3 Å². The highest BCUT2D eigenvalue weighted by molar-refractivity contribution is 5.85. The van der Waals surface area contributed by atoms with E-state index in [0.717, 1.165) is 12.8 Å². The molecule has 1 aliphatic heterocycles. The molecule has 1 saturated heterocycles. The number of rotatable bonds is 3. The molecular formula is C12H19NO4. The van der Waals surface area contributed by atoms with Gasteiger partial charge in [-0.1, -0.05) is 6.42 Å². The largest absolute Gasteiger partial charge is 0.481 e. The van der Waals surface area contributed by atoms with Crippen molar-refractivity contribution in [2.45, 2.75) is 31.7 Å². The van der Waals surface area contributed by atoms with Crippen LogP contribution in [0.25, 0.3) is 0 Å². The number of ether oxygens (including phenoxy) is 1. The van der Waals surface area contributed by atoms with Crippen molar-refractivity contribution in [1.82, 2.24) is 4.90 Å². The van der Waals surface area contributed by atoms with Crippen molar-refractivity contribution in [3.05, 3.63) is 0 Å². The van der Waals surface area contributed by atoms with Crippen molar-refractivity contribution in [1.29, 1.82) is 0 Å². The van der Waals surface area contributed by atoms with E-state index in [9.17, 15) is 9.59 Å². The molecule has 0 spiro atoms. The fraction of sp³-hybridized carbons (Fsp3) is 0.833. The second kappa shape index (κ2) is 5.04. The van der Waals surface area contributed by atoms with Crippen molar-refractivity contribution in [3.8, 4) is 0 Å². The molecule has 2 fully saturated rings. The molecule has 3 atom stereocenters. The summed E-state index contributed by atoms with van der Waals surface area (Å²) < 4.78 is 5.26. The van der Waals surface area contributed by atoms with Crippen LogP contribution in [0.15, 0.2) is 0 Å². The Hall–Kier alpha value is -1.10. The lowest BCUT2D eigenvalue weighted by Gasteiger charge is -2.27. The van der Waals surface area contributed by atoms with E-state index in [0.29, 0.717) is 26.1 Å². The fourth-order valence-corrected chi connectivity index (χ4v) is 2.82. The molecule has 1 unspecified atom stereocenters. The van der Waals surface area contributed by atoms with Crippen LogP contribution >= 0.6 is 0 Å².